The van der Waals surface area contributed by atoms with Crippen molar-refractivity contribution < 1.29 is 4.79 Å². The molecule has 6 nitrogen and oxygen atoms in total. The first kappa shape index (κ1) is 17.7. The molecule has 1 N–H and O–H groups in total. The molecule has 0 atom stereocenters. The molecular formula is C20H21N5OS. The topological polar surface area (TPSA) is 72.7 Å². The van der Waals surface area contributed by atoms with E-state index in [1.165, 1.54) is 12.8 Å². The van der Waals surface area contributed by atoms with Crippen LogP contribution in [0.25, 0.3) is 5.69 Å². The van der Waals surface area contributed by atoms with E-state index in [9.17, 15) is 4.79 Å². The summed E-state index contributed by atoms with van der Waals surface area (Å²) >= 11 is 1.58. The van der Waals surface area contributed by atoms with E-state index in [0.29, 0.717) is 17.4 Å². The van der Waals surface area contributed by atoms with Gasteiger partial charge in [-0.05, 0) is 47.5 Å². The summed E-state index contributed by atoms with van der Waals surface area (Å²) in [5.41, 5.74) is 1.64. The van der Waals surface area contributed by atoms with Crippen LogP contribution in [0.2, 0.25) is 0 Å². The standard InChI is InChI=1S/C20H21N5OS/c26-20(21-15-8-4-5-9-15)17-12-6-7-13-18(17)27-14-19-22-23-24-25(19)16-10-2-1-3-11-16/h1-3,6-7,10-13,15H,4-5,8-9,14H2,(H,21,26). The second-order valence-corrected chi connectivity index (χ2v) is 7.60. The first-order valence-electron chi connectivity index (χ1n) is 9.16. The minimum Gasteiger partial charge on any atom is -0.349 e. The molecule has 0 radical (unpaired) electrons. The molecule has 0 saturated heterocycles. The average Bonchev–Trinajstić information content (AvgIpc) is 3.39. The second kappa shape index (κ2) is 8.35. The number of carbonyl (C=O) groups is 1. The summed E-state index contributed by atoms with van der Waals surface area (Å²) in [6.45, 7) is 0. The third kappa shape index (κ3) is 4.19. The summed E-state index contributed by atoms with van der Waals surface area (Å²) in [5, 5.41) is 15.2. The van der Waals surface area contributed by atoms with Gasteiger partial charge in [-0.25, -0.2) is 0 Å². The number of amides is 1. The SMILES string of the molecule is O=C(NC1CCCC1)c1ccccc1SCc1nnnn1-c1ccccc1. The molecule has 0 bridgehead atoms. The average molecular weight is 379 g/mol. The van der Waals surface area contributed by atoms with Crippen LogP contribution in [-0.4, -0.2) is 32.2 Å². The van der Waals surface area contributed by atoms with Crippen LogP contribution in [-0.2, 0) is 5.75 Å². The number of nitrogens with one attached hydrogen (secondary N) is 1. The van der Waals surface area contributed by atoms with E-state index in [1.807, 2.05) is 54.6 Å². The zero-order chi connectivity index (χ0) is 18.5. The smallest absolute Gasteiger partial charge is 0.252 e. The van der Waals surface area contributed by atoms with Gasteiger partial charge in [-0.15, -0.1) is 16.9 Å². The molecule has 7 heteroatoms. The van der Waals surface area contributed by atoms with Crippen LogP contribution in [0.15, 0.2) is 59.5 Å². The van der Waals surface area contributed by atoms with Gasteiger partial charge in [-0.3, -0.25) is 4.79 Å². The monoisotopic (exact) mass is 379 g/mol. The van der Waals surface area contributed by atoms with Crippen molar-refractivity contribution in [1.29, 1.82) is 0 Å². The minimum absolute atomic E-state index is 0.00708. The Kier molecular flexibility index (Phi) is 5.48. The van der Waals surface area contributed by atoms with Crippen LogP contribution < -0.4 is 5.32 Å². The number of para-hydroxylation sites is 1. The Morgan fingerprint density at radius 3 is 2.63 bits per heavy atom. The fourth-order valence-electron chi connectivity index (χ4n) is 3.32. The predicted molar refractivity (Wildman–Crippen MR) is 105 cm³/mol. The van der Waals surface area contributed by atoms with Crippen LogP contribution in [0, 0.1) is 0 Å². The third-order valence-electron chi connectivity index (χ3n) is 4.71. The molecule has 0 spiro atoms. The molecule has 27 heavy (non-hydrogen) atoms. The summed E-state index contributed by atoms with van der Waals surface area (Å²) in [4.78, 5) is 13.6. The van der Waals surface area contributed by atoms with E-state index < -0.39 is 0 Å². The number of carbonyl (C=O) groups excluding carboxylic acids is 1. The highest BCUT2D eigenvalue weighted by Gasteiger charge is 2.20. The Balaban J connectivity index is 1.48. The van der Waals surface area contributed by atoms with Crippen LogP contribution in [0.5, 0.6) is 0 Å². The molecule has 3 aromatic rings. The number of thioether (sulfide) groups is 1. The summed E-state index contributed by atoms with van der Waals surface area (Å²) in [7, 11) is 0. The molecule has 1 aliphatic rings. The molecule has 1 fully saturated rings. The maximum atomic E-state index is 12.7. The quantitative estimate of drug-likeness (QED) is 0.662. The van der Waals surface area contributed by atoms with Gasteiger partial charge in [-0.1, -0.05) is 43.2 Å². The molecule has 1 amide bonds. The number of rotatable bonds is 6. The summed E-state index contributed by atoms with van der Waals surface area (Å²) in [5.74, 6) is 1.33. The number of hydrogen-bond acceptors (Lipinski definition) is 5. The number of aromatic nitrogens is 4. The Bertz CT molecular complexity index is 906. The van der Waals surface area contributed by atoms with E-state index in [0.717, 1.165) is 29.2 Å². The second-order valence-electron chi connectivity index (χ2n) is 6.58. The molecule has 4 rings (SSSR count). The van der Waals surface area contributed by atoms with Gasteiger partial charge in [0.25, 0.3) is 5.91 Å². The largest absolute Gasteiger partial charge is 0.349 e. The third-order valence-corrected chi connectivity index (χ3v) is 5.78. The van der Waals surface area contributed by atoms with Crippen LogP contribution in [0.3, 0.4) is 0 Å². The van der Waals surface area contributed by atoms with Gasteiger partial charge in [0.1, 0.15) is 0 Å². The number of nitrogens with zero attached hydrogens (tertiary/aromatic N) is 4. The van der Waals surface area contributed by atoms with Gasteiger partial charge in [0, 0.05) is 10.9 Å². The van der Waals surface area contributed by atoms with Crippen molar-refractivity contribution in [3.63, 3.8) is 0 Å². The predicted octanol–water partition coefficient (Wildman–Crippen LogP) is 3.63. The summed E-state index contributed by atoms with van der Waals surface area (Å²) in [6, 6.07) is 17.8. The molecule has 0 unspecified atom stereocenters. The maximum absolute atomic E-state index is 12.7. The van der Waals surface area contributed by atoms with Crippen LogP contribution in [0.1, 0.15) is 41.9 Å². The van der Waals surface area contributed by atoms with Gasteiger partial charge < -0.3 is 5.32 Å². The maximum Gasteiger partial charge on any atom is 0.252 e. The van der Waals surface area contributed by atoms with Crippen LogP contribution >= 0.6 is 11.8 Å². The summed E-state index contributed by atoms with van der Waals surface area (Å²) < 4.78 is 1.73. The number of hydrogen-bond donors (Lipinski definition) is 1. The van der Waals surface area contributed by atoms with Crippen molar-refractivity contribution in [3.05, 3.63) is 66.0 Å². The van der Waals surface area contributed by atoms with Crippen molar-refractivity contribution in [1.82, 2.24) is 25.5 Å². The van der Waals surface area contributed by atoms with E-state index in [4.69, 9.17) is 0 Å². The first-order valence-corrected chi connectivity index (χ1v) is 10.2. The lowest BCUT2D eigenvalue weighted by Gasteiger charge is -2.14. The van der Waals surface area contributed by atoms with Crippen molar-refractivity contribution in [3.8, 4) is 5.69 Å². The van der Waals surface area contributed by atoms with E-state index in [2.05, 4.69) is 20.8 Å². The molecule has 1 heterocycles. The lowest BCUT2D eigenvalue weighted by atomic mass is 10.2. The van der Waals surface area contributed by atoms with Crippen molar-refractivity contribution in [2.75, 3.05) is 0 Å². The lowest BCUT2D eigenvalue weighted by Crippen LogP contribution is -2.32. The zero-order valence-corrected chi connectivity index (χ0v) is 15.7. The Labute approximate surface area is 162 Å². The molecule has 1 aliphatic carbocycles. The highest BCUT2D eigenvalue weighted by molar-refractivity contribution is 7.98. The van der Waals surface area contributed by atoms with Gasteiger partial charge in [0.2, 0.25) is 0 Å². The molecule has 138 valence electrons. The first-order chi connectivity index (χ1) is 13.3. The number of benzene rings is 2. The molecule has 0 aliphatic heterocycles. The normalized spacial score (nSPS) is 14.4. The molecular weight excluding hydrogens is 358 g/mol. The summed E-state index contributed by atoms with van der Waals surface area (Å²) in [6.07, 6.45) is 4.55. The Hall–Kier alpha value is -2.67. The lowest BCUT2D eigenvalue weighted by molar-refractivity contribution is 0.0935. The Morgan fingerprint density at radius 1 is 1.07 bits per heavy atom. The minimum atomic E-state index is 0.00708. The van der Waals surface area contributed by atoms with Crippen molar-refractivity contribution >= 4 is 17.7 Å². The van der Waals surface area contributed by atoms with E-state index in [-0.39, 0.29) is 5.91 Å². The van der Waals surface area contributed by atoms with Crippen molar-refractivity contribution in [2.24, 2.45) is 0 Å². The zero-order valence-electron chi connectivity index (χ0n) is 14.9. The molecule has 2 aromatic carbocycles. The molecule has 1 aromatic heterocycles. The van der Waals surface area contributed by atoms with Gasteiger partial charge >= 0.3 is 0 Å². The van der Waals surface area contributed by atoms with Gasteiger partial charge in [-0.2, -0.15) is 4.68 Å². The van der Waals surface area contributed by atoms with E-state index >= 15 is 0 Å². The highest BCUT2D eigenvalue weighted by atomic mass is 32.2. The van der Waals surface area contributed by atoms with Gasteiger partial charge in [0.05, 0.1) is 17.0 Å². The fraction of sp³-hybridized carbons (Fsp3) is 0.300. The van der Waals surface area contributed by atoms with Crippen molar-refractivity contribution in [2.45, 2.75) is 42.4 Å². The fourth-order valence-corrected chi connectivity index (χ4v) is 4.28. The Morgan fingerprint density at radius 2 is 1.81 bits per heavy atom. The van der Waals surface area contributed by atoms with Crippen LogP contribution in [0.4, 0.5) is 0 Å². The highest BCUT2D eigenvalue weighted by Crippen LogP contribution is 2.27. The van der Waals surface area contributed by atoms with E-state index in [1.54, 1.807) is 16.4 Å². The molecule has 1 saturated carbocycles. The van der Waals surface area contributed by atoms with Gasteiger partial charge in [0.15, 0.2) is 5.82 Å². The number of tetrazole rings is 1.